The van der Waals surface area contributed by atoms with Gasteiger partial charge in [-0.2, -0.15) is 17.5 Å². The number of rotatable bonds is 8. The lowest BCUT2D eigenvalue weighted by molar-refractivity contribution is -0.137. The quantitative estimate of drug-likeness (QED) is 0.697. The van der Waals surface area contributed by atoms with Crippen molar-refractivity contribution in [3.05, 3.63) is 65.5 Å². The summed E-state index contributed by atoms with van der Waals surface area (Å²) in [5.74, 6) is -0.527. The van der Waals surface area contributed by atoms with Gasteiger partial charge in [-0.1, -0.05) is 24.3 Å². The number of hydrogen-bond acceptors (Lipinski definition) is 4. The third-order valence-electron chi connectivity index (χ3n) is 3.62. The Balaban J connectivity index is 2.23. The standard InChI is InChI=1S/C17H19F3N2O3S/c1-25-9-8-22(12-15-5-3-7-21-11-15)26(23,24)13-14-4-2-6-16(10-14)17(18,19)20/h2-7,10-11H,8-9,12-13H2,1H3. The van der Waals surface area contributed by atoms with Crippen LogP contribution >= 0.6 is 0 Å². The van der Waals surface area contributed by atoms with Crippen LogP contribution in [0.15, 0.2) is 48.8 Å². The van der Waals surface area contributed by atoms with Crippen molar-refractivity contribution in [2.45, 2.75) is 18.5 Å². The van der Waals surface area contributed by atoms with Gasteiger partial charge in [-0.15, -0.1) is 0 Å². The second-order valence-electron chi connectivity index (χ2n) is 5.64. The van der Waals surface area contributed by atoms with Crippen molar-refractivity contribution in [3.63, 3.8) is 0 Å². The fourth-order valence-electron chi connectivity index (χ4n) is 2.34. The van der Waals surface area contributed by atoms with Gasteiger partial charge in [0, 0.05) is 32.6 Å². The Morgan fingerprint density at radius 2 is 1.88 bits per heavy atom. The molecule has 26 heavy (non-hydrogen) atoms. The van der Waals surface area contributed by atoms with E-state index in [1.54, 1.807) is 24.5 Å². The first kappa shape index (κ1) is 20.3. The minimum atomic E-state index is -4.52. The Morgan fingerprint density at radius 1 is 1.15 bits per heavy atom. The minimum absolute atomic E-state index is 0.0680. The number of benzene rings is 1. The summed E-state index contributed by atoms with van der Waals surface area (Å²) in [6.45, 7) is 0.327. The van der Waals surface area contributed by atoms with Gasteiger partial charge in [-0.3, -0.25) is 4.98 Å². The summed E-state index contributed by atoms with van der Waals surface area (Å²) >= 11 is 0. The topological polar surface area (TPSA) is 59.5 Å². The summed E-state index contributed by atoms with van der Waals surface area (Å²) in [5.41, 5.74) is -0.120. The third kappa shape index (κ3) is 5.79. The maximum atomic E-state index is 12.8. The Labute approximate surface area is 150 Å². The van der Waals surface area contributed by atoms with Crippen LogP contribution in [0.3, 0.4) is 0 Å². The smallest absolute Gasteiger partial charge is 0.383 e. The Morgan fingerprint density at radius 3 is 2.50 bits per heavy atom. The summed E-state index contributed by atoms with van der Waals surface area (Å²) < 4.78 is 70.1. The lowest BCUT2D eigenvalue weighted by Crippen LogP contribution is -2.34. The van der Waals surface area contributed by atoms with Crippen LogP contribution in [0.1, 0.15) is 16.7 Å². The number of methoxy groups -OCH3 is 1. The van der Waals surface area contributed by atoms with Crippen molar-refractivity contribution in [1.29, 1.82) is 0 Å². The maximum Gasteiger partial charge on any atom is 0.416 e. The first-order chi connectivity index (χ1) is 12.2. The third-order valence-corrected chi connectivity index (χ3v) is 5.42. The molecule has 9 heteroatoms. The van der Waals surface area contributed by atoms with Gasteiger partial charge in [0.2, 0.25) is 10.0 Å². The molecule has 0 saturated carbocycles. The van der Waals surface area contributed by atoms with Gasteiger partial charge in [-0.25, -0.2) is 8.42 Å². The van der Waals surface area contributed by atoms with Gasteiger partial charge < -0.3 is 4.74 Å². The number of nitrogens with zero attached hydrogens (tertiary/aromatic N) is 2. The number of aromatic nitrogens is 1. The van der Waals surface area contributed by atoms with E-state index >= 15 is 0 Å². The van der Waals surface area contributed by atoms with Crippen molar-refractivity contribution in [1.82, 2.24) is 9.29 Å². The molecule has 0 amide bonds. The zero-order chi connectivity index (χ0) is 19.2. The highest BCUT2D eigenvalue weighted by molar-refractivity contribution is 7.88. The molecule has 0 spiro atoms. The largest absolute Gasteiger partial charge is 0.416 e. The normalized spacial score (nSPS) is 12.5. The van der Waals surface area contributed by atoms with E-state index in [1.807, 2.05) is 0 Å². The fourth-order valence-corrected chi connectivity index (χ4v) is 3.83. The summed E-state index contributed by atoms with van der Waals surface area (Å²) in [4.78, 5) is 3.94. The zero-order valence-corrected chi connectivity index (χ0v) is 14.9. The van der Waals surface area contributed by atoms with Crippen LogP contribution in [-0.4, -0.2) is 38.0 Å². The molecular weight excluding hydrogens is 369 g/mol. The van der Waals surface area contributed by atoms with Crippen LogP contribution in [0, 0.1) is 0 Å². The summed E-state index contributed by atoms with van der Waals surface area (Å²) in [7, 11) is -2.40. The molecule has 0 atom stereocenters. The average molecular weight is 388 g/mol. The Kier molecular flexibility index (Phi) is 6.74. The molecule has 1 aromatic carbocycles. The molecule has 0 fully saturated rings. The van der Waals surface area contributed by atoms with E-state index in [4.69, 9.17) is 4.74 Å². The van der Waals surface area contributed by atoms with Gasteiger partial charge in [0.1, 0.15) is 0 Å². The highest BCUT2D eigenvalue weighted by Gasteiger charge is 2.31. The molecule has 0 saturated heterocycles. The molecule has 0 unspecified atom stereocenters. The van der Waals surface area contributed by atoms with E-state index in [1.165, 1.54) is 23.5 Å². The minimum Gasteiger partial charge on any atom is -0.383 e. The molecule has 1 heterocycles. The highest BCUT2D eigenvalue weighted by Crippen LogP contribution is 2.30. The van der Waals surface area contributed by atoms with Gasteiger partial charge in [0.05, 0.1) is 17.9 Å². The van der Waals surface area contributed by atoms with Crippen LogP contribution < -0.4 is 0 Å². The summed E-state index contributed by atoms with van der Waals surface area (Å²) in [6.07, 6.45) is -1.41. The number of sulfonamides is 1. The van der Waals surface area contributed by atoms with E-state index in [-0.39, 0.29) is 25.3 Å². The van der Waals surface area contributed by atoms with Crippen molar-refractivity contribution in [2.75, 3.05) is 20.3 Å². The number of alkyl halides is 3. The van der Waals surface area contributed by atoms with Crippen LogP contribution in [0.5, 0.6) is 0 Å². The summed E-state index contributed by atoms with van der Waals surface area (Å²) in [6, 6.07) is 7.75. The number of ether oxygens (including phenoxy) is 1. The average Bonchev–Trinajstić information content (AvgIpc) is 2.58. The fraction of sp³-hybridized carbons (Fsp3) is 0.353. The molecule has 0 N–H and O–H groups in total. The van der Waals surface area contributed by atoms with Gasteiger partial charge in [-0.05, 0) is 23.3 Å². The molecule has 0 radical (unpaired) electrons. The lowest BCUT2D eigenvalue weighted by Gasteiger charge is -2.22. The van der Waals surface area contributed by atoms with Gasteiger partial charge >= 0.3 is 6.18 Å². The van der Waals surface area contributed by atoms with Crippen LogP contribution in [-0.2, 0) is 33.2 Å². The highest BCUT2D eigenvalue weighted by atomic mass is 32.2. The van der Waals surface area contributed by atoms with E-state index in [2.05, 4.69) is 4.98 Å². The predicted molar refractivity (Wildman–Crippen MR) is 90.6 cm³/mol. The molecule has 5 nitrogen and oxygen atoms in total. The Bertz CT molecular complexity index is 812. The monoisotopic (exact) mass is 388 g/mol. The van der Waals surface area contributed by atoms with E-state index in [0.717, 1.165) is 12.1 Å². The Hall–Kier alpha value is -1.97. The molecule has 0 aliphatic carbocycles. The molecule has 0 aliphatic heterocycles. The van der Waals surface area contributed by atoms with Gasteiger partial charge in [0.15, 0.2) is 0 Å². The molecule has 0 aliphatic rings. The second kappa shape index (κ2) is 8.61. The van der Waals surface area contributed by atoms with E-state index in [0.29, 0.717) is 5.56 Å². The number of hydrogen-bond donors (Lipinski definition) is 0. The predicted octanol–water partition coefficient (Wildman–Crippen LogP) is 3.08. The van der Waals surface area contributed by atoms with E-state index in [9.17, 15) is 21.6 Å². The molecule has 1 aromatic heterocycles. The summed E-state index contributed by atoms with van der Waals surface area (Å²) in [5, 5.41) is 0. The van der Waals surface area contributed by atoms with Crippen molar-refractivity contribution < 1.29 is 26.3 Å². The maximum absolute atomic E-state index is 12.8. The van der Waals surface area contributed by atoms with Crippen LogP contribution in [0.2, 0.25) is 0 Å². The van der Waals surface area contributed by atoms with Crippen LogP contribution in [0.25, 0.3) is 0 Å². The van der Waals surface area contributed by atoms with E-state index < -0.39 is 27.5 Å². The lowest BCUT2D eigenvalue weighted by atomic mass is 10.1. The number of halogens is 3. The molecule has 0 bridgehead atoms. The SMILES string of the molecule is COCCN(Cc1cccnc1)S(=O)(=O)Cc1cccc(C(F)(F)F)c1. The van der Waals surface area contributed by atoms with Crippen molar-refractivity contribution >= 4 is 10.0 Å². The van der Waals surface area contributed by atoms with Crippen LogP contribution in [0.4, 0.5) is 13.2 Å². The molecule has 142 valence electrons. The first-order valence-electron chi connectivity index (χ1n) is 7.74. The van der Waals surface area contributed by atoms with Crippen molar-refractivity contribution in [3.8, 4) is 0 Å². The van der Waals surface area contributed by atoms with Crippen molar-refractivity contribution in [2.24, 2.45) is 0 Å². The second-order valence-corrected chi connectivity index (χ2v) is 7.61. The number of pyridine rings is 1. The van der Waals surface area contributed by atoms with Gasteiger partial charge in [0.25, 0.3) is 0 Å². The molecular formula is C17H19F3N2O3S. The first-order valence-corrected chi connectivity index (χ1v) is 9.35. The molecule has 2 aromatic rings. The molecule has 2 rings (SSSR count). The zero-order valence-electron chi connectivity index (χ0n) is 14.1.